The third-order valence-corrected chi connectivity index (χ3v) is 5.79. The molecule has 1 amide bonds. The van der Waals surface area contributed by atoms with Crippen LogP contribution in [0.2, 0.25) is 0 Å². The summed E-state index contributed by atoms with van der Waals surface area (Å²) in [4.78, 5) is 14.5. The molecular formula is C17H16F4N4OS. The first-order chi connectivity index (χ1) is 12.4. The summed E-state index contributed by atoms with van der Waals surface area (Å²) in [5.74, 6) is -3.21. The number of rotatable bonds is 2. The molecule has 1 saturated heterocycles. The lowest BCUT2D eigenvalue weighted by molar-refractivity contribution is -0.140. The molecule has 1 aromatic carbocycles. The normalized spacial score (nSPS) is 23.5. The van der Waals surface area contributed by atoms with Crippen molar-refractivity contribution in [2.75, 3.05) is 12.8 Å². The Balaban J connectivity index is 2.16. The van der Waals surface area contributed by atoms with Crippen LogP contribution in [0.15, 0.2) is 30.3 Å². The molecule has 27 heavy (non-hydrogen) atoms. The summed E-state index contributed by atoms with van der Waals surface area (Å²) in [6.07, 6.45) is -4.83. The van der Waals surface area contributed by atoms with Crippen molar-refractivity contribution in [2.45, 2.75) is 24.6 Å². The van der Waals surface area contributed by atoms with Gasteiger partial charge in [0.2, 0.25) is 5.91 Å². The second-order valence-corrected chi connectivity index (χ2v) is 7.56. The van der Waals surface area contributed by atoms with Crippen LogP contribution in [0.25, 0.3) is 0 Å². The molecule has 1 aliphatic rings. The number of likely N-dealkylation sites (N-methyl/N-ethyl adjacent to an activating group) is 1. The van der Waals surface area contributed by atoms with Crippen molar-refractivity contribution in [1.82, 2.24) is 10.2 Å². The van der Waals surface area contributed by atoms with E-state index in [1.165, 1.54) is 18.4 Å². The molecule has 3 rings (SSSR count). The number of amides is 1. The number of alkyl halides is 3. The molecule has 1 fully saturated rings. The molecule has 1 aliphatic heterocycles. The maximum atomic E-state index is 14.1. The number of guanidine groups is 1. The molecule has 10 heteroatoms. The van der Waals surface area contributed by atoms with Crippen LogP contribution in [0.4, 0.5) is 22.6 Å². The largest absolute Gasteiger partial charge is 0.419 e. The Labute approximate surface area is 156 Å². The molecule has 2 heterocycles. The van der Waals surface area contributed by atoms with Crippen molar-refractivity contribution in [3.8, 4) is 0 Å². The summed E-state index contributed by atoms with van der Waals surface area (Å²) in [7, 11) is 1.37. The van der Waals surface area contributed by atoms with E-state index in [4.69, 9.17) is 11.1 Å². The molecule has 2 atom stereocenters. The first kappa shape index (κ1) is 19.2. The molecule has 5 nitrogen and oxygen atoms in total. The molecule has 2 aromatic rings. The topological polar surface area (TPSA) is 82.2 Å². The molecule has 0 unspecified atom stereocenters. The van der Waals surface area contributed by atoms with E-state index in [0.717, 1.165) is 17.0 Å². The highest BCUT2D eigenvalue weighted by Crippen LogP contribution is 2.44. The number of anilines is 1. The van der Waals surface area contributed by atoms with Crippen LogP contribution in [-0.4, -0.2) is 23.8 Å². The lowest BCUT2D eigenvalue weighted by atomic mass is 9.76. The van der Waals surface area contributed by atoms with Gasteiger partial charge in [0.05, 0.1) is 22.0 Å². The van der Waals surface area contributed by atoms with E-state index < -0.39 is 34.9 Å². The van der Waals surface area contributed by atoms with Gasteiger partial charge in [0.1, 0.15) is 5.82 Å². The lowest BCUT2D eigenvalue weighted by Gasteiger charge is -2.45. The van der Waals surface area contributed by atoms with Crippen molar-refractivity contribution in [2.24, 2.45) is 0 Å². The van der Waals surface area contributed by atoms with Crippen LogP contribution in [0.5, 0.6) is 0 Å². The van der Waals surface area contributed by atoms with Gasteiger partial charge < -0.3 is 11.1 Å². The van der Waals surface area contributed by atoms with Crippen LogP contribution < -0.4 is 11.1 Å². The Morgan fingerprint density at radius 2 is 1.96 bits per heavy atom. The Morgan fingerprint density at radius 3 is 2.48 bits per heavy atom. The first-order valence-corrected chi connectivity index (χ1v) is 8.63. The molecule has 0 bridgehead atoms. The van der Waals surface area contributed by atoms with E-state index in [2.05, 4.69) is 5.32 Å². The maximum absolute atomic E-state index is 14.1. The van der Waals surface area contributed by atoms with E-state index in [1.54, 1.807) is 19.1 Å². The number of benzene rings is 1. The fraction of sp³-hybridized carbons (Fsp3) is 0.294. The number of hydrogen-bond acceptors (Lipinski definition) is 4. The predicted octanol–water partition coefficient (Wildman–Crippen LogP) is 3.48. The third-order valence-electron chi connectivity index (χ3n) is 4.64. The number of nitrogens with zero attached hydrogens (tertiary/aromatic N) is 1. The van der Waals surface area contributed by atoms with Gasteiger partial charge in [-0.15, -0.1) is 11.3 Å². The molecule has 4 N–H and O–H groups in total. The summed E-state index contributed by atoms with van der Waals surface area (Å²) in [6, 6.07) is 5.75. The highest BCUT2D eigenvalue weighted by atomic mass is 32.1. The van der Waals surface area contributed by atoms with Gasteiger partial charge in [0, 0.05) is 11.9 Å². The Kier molecular flexibility index (Phi) is 4.41. The lowest BCUT2D eigenvalue weighted by Crippen LogP contribution is -2.62. The van der Waals surface area contributed by atoms with Gasteiger partial charge in [-0.1, -0.05) is 6.07 Å². The number of thiophene rings is 1. The first-order valence-electron chi connectivity index (χ1n) is 7.82. The molecular weight excluding hydrogens is 384 g/mol. The van der Waals surface area contributed by atoms with Gasteiger partial charge in [0.25, 0.3) is 0 Å². The van der Waals surface area contributed by atoms with Crippen molar-refractivity contribution >= 4 is 28.2 Å². The highest BCUT2D eigenvalue weighted by Gasteiger charge is 2.49. The SMILES string of the molecule is CN1C(=N)N[C@](C)(c2ccc(N)s2)[C@H](c2ccc(C(F)(F)F)c(F)c2)C1=O. The Bertz CT molecular complexity index is 926. The highest BCUT2D eigenvalue weighted by molar-refractivity contribution is 7.16. The molecule has 0 spiro atoms. The van der Waals surface area contributed by atoms with Gasteiger partial charge in [-0.2, -0.15) is 13.2 Å². The number of carbonyl (C=O) groups is 1. The van der Waals surface area contributed by atoms with E-state index in [0.29, 0.717) is 15.9 Å². The number of nitrogen functional groups attached to an aromatic ring is 1. The Morgan fingerprint density at radius 1 is 1.30 bits per heavy atom. The van der Waals surface area contributed by atoms with E-state index >= 15 is 0 Å². The minimum atomic E-state index is -4.83. The van der Waals surface area contributed by atoms with Crippen LogP contribution in [0.3, 0.4) is 0 Å². The average molecular weight is 400 g/mol. The van der Waals surface area contributed by atoms with Crippen LogP contribution in [0, 0.1) is 11.2 Å². The quantitative estimate of drug-likeness (QED) is 0.675. The van der Waals surface area contributed by atoms with Gasteiger partial charge in [-0.05, 0) is 36.8 Å². The van der Waals surface area contributed by atoms with Crippen LogP contribution >= 0.6 is 11.3 Å². The minimum absolute atomic E-state index is 0.0758. The summed E-state index contributed by atoms with van der Waals surface area (Å²) >= 11 is 1.18. The molecule has 1 aromatic heterocycles. The second-order valence-electron chi connectivity index (χ2n) is 6.45. The average Bonchev–Trinajstić information content (AvgIpc) is 2.99. The smallest absolute Gasteiger partial charge is 0.391 e. The predicted molar refractivity (Wildman–Crippen MR) is 93.9 cm³/mol. The second kappa shape index (κ2) is 6.22. The van der Waals surface area contributed by atoms with Crippen molar-refractivity contribution in [3.63, 3.8) is 0 Å². The summed E-state index contributed by atoms with van der Waals surface area (Å²) in [6.45, 7) is 1.64. The number of hydrogen-bond donors (Lipinski definition) is 3. The van der Waals surface area contributed by atoms with Gasteiger partial charge >= 0.3 is 6.18 Å². The zero-order valence-corrected chi connectivity index (χ0v) is 15.1. The maximum Gasteiger partial charge on any atom is 0.419 e. The van der Waals surface area contributed by atoms with Gasteiger partial charge in [-0.3, -0.25) is 15.1 Å². The standard InChI is InChI=1S/C17H16F4N4OS/c1-16(11-5-6-12(22)27-11)13(14(26)25(2)15(23)24-16)8-3-4-9(10(18)7-8)17(19,20)21/h3-7,13H,22H2,1-2H3,(H2,23,24)/t13-,16-/m1/s1. The Hall–Kier alpha value is -2.62. The number of nitrogens with two attached hydrogens (primary N) is 1. The molecule has 0 saturated carbocycles. The summed E-state index contributed by atoms with van der Waals surface area (Å²) < 4.78 is 52.7. The van der Waals surface area contributed by atoms with E-state index in [1.807, 2.05) is 0 Å². The zero-order valence-electron chi connectivity index (χ0n) is 14.3. The fourth-order valence-electron chi connectivity index (χ4n) is 3.21. The summed E-state index contributed by atoms with van der Waals surface area (Å²) in [5.41, 5.74) is 3.28. The van der Waals surface area contributed by atoms with Crippen LogP contribution in [-0.2, 0) is 16.5 Å². The number of nitrogens with one attached hydrogen (secondary N) is 2. The van der Waals surface area contributed by atoms with Crippen molar-refractivity contribution in [3.05, 3.63) is 52.2 Å². The number of halogens is 4. The van der Waals surface area contributed by atoms with Crippen LogP contribution in [0.1, 0.15) is 28.8 Å². The van der Waals surface area contributed by atoms with E-state index in [9.17, 15) is 22.4 Å². The minimum Gasteiger partial charge on any atom is -0.391 e. The monoisotopic (exact) mass is 400 g/mol. The number of carbonyl (C=O) groups excluding carboxylic acids is 1. The summed E-state index contributed by atoms with van der Waals surface area (Å²) in [5, 5.41) is 11.4. The van der Waals surface area contributed by atoms with Gasteiger partial charge in [-0.25, -0.2) is 4.39 Å². The van der Waals surface area contributed by atoms with E-state index in [-0.39, 0.29) is 11.5 Å². The molecule has 0 radical (unpaired) electrons. The van der Waals surface area contributed by atoms with Crippen molar-refractivity contribution < 1.29 is 22.4 Å². The van der Waals surface area contributed by atoms with Crippen molar-refractivity contribution in [1.29, 1.82) is 5.41 Å². The van der Waals surface area contributed by atoms with Gasteiger partial charge in [0.15, 0.2) is 5.96 Å². The molecule has 0 aliphatic carbocycles. The molecule has 144 valence electrons. The third kappa shape index (κ3) is 3.14. The zero-order chi connectivity index (χ0) is 20.1. The fourth-order valence-corrected chi connectivity index (χ4v) is 4.11.